The van der Waals surface area contributed by atoms with Gasteiger partial charge in [0.1, 0.15) is 9.77 Å². The summed E-state index contributed by atoms with van der Waals surface area (Å²) >= 11 is 1.13. The van der Waals surface area contributed by atoms with Crippen LogP contribution in [0, 0.1) is 0 Å². The average Bonchev–Trinajstić information content (AvgIpc) is 3.29. The minimum atomic E-state index is -3.69. The van der Waals surface area contributed by atoms with Gasteiger partial charge in [-0.05, 0) is 59.7 Å². The third kappa shape index (κ3) is 4.00. The summed E-state index contributed by atoms with van der Waals surface area (Å²) in [4.78, 5) is 13.2. The Morgan fingerprint density at radius 2 is 1.94 bits per heavy atom. The van der Waals surface area contributed by atoms with Crippen LogP contribution in [0.5, 0.6) is 0 Å². The van der Waals surface area contributed by atoms with Gasteiger partial charge >= 0.3 is 0 Å². The molecular weight excluding hydrogens is 436 g/mol. The number of nitrogens with zero attached hydrogens (tertiary/aromatic N) is 5. The molecule has 3 aromatic rings. The molecule has 2 aliphatic rings. The molecule has 5 rings (SSSR count). The number of piperidine rings is 1. The van der Waals surface area contributed by atoms with Gasteiger partial charge in [0, 0.05) is 24.3 Å². The van der Waals surface area contributed by atoms with Crippen LogP contribution in [0.15, 0.2) is 40.6 Å². The summed E-state index contributed by atoms with van der Waals surface area (Å²) in [6, 6.07) is 9.11. The maximum Gasteiger partial charge on any atom is 0.267 e. The van der Waals surface area contributed by atoms with Crippen LogP contribution in [0.4, 0.5) is 5.69 Å². The van der Waals surface area contributed by atoms with Crippen molar-refractivity contribution in [2.45, 2.75) is 43.0 Å². The third-order valence-electron chi connectivity index (χ3n) is 5.53. The van der Waals surface area contributed by atoms with Crippen molar-refractivity contribution in [3.63, 3.8) is 0 Å². The first-order valence-corrected chi connectivity index (χ1v) is 12.6. The van der Waals surface area contributed by atoms with Crippen molar-refractivity contribution in [3.8, 4) is 11.4 Å². The van der Waals surface area contributed by atoms with Crippen LogP contribution in [-0.4, -0.2) is 51.9 Å². The molecule has 0 unspecified atom stereocenters. The quantitative estimate of drug-likeness (QED) is 0.608. The molecule has 162 valence electrons. The number of rotatable bonds is 6. The molecule has 11 heteroatoms. The topological polar surface area (TPSA) is 110 Å². The van der Waals surface area contributed by atoms with Gasteiger partial charge in [-0.1, -0.05) is 18.6 Å². The number of sulfonamides is 1. The molecule has 1 aliphatic heterocycles. The van der Waals surface area contributed by atoms with Crippen LogP contribution in [0.2, 0.25) is 0 Å². The van der Waals surface area contributed by atoms with E-state index in [1.807, 2.05) is 16.8 Å². The number of carbonyl (C=O) groups excluding carboxylic acids is 1. The highest BCUT2D eigenvalue weighted by atomic mass is 32.2. The van der Waals surface area contributed by atoms with Crippen molar-refractivity contribution < 1.29 is 13.2 Å². The Balaban J connectivity index is 1.38. The van der Waals surface area contributed by atoms with E-state index in [0.29, 0.717) is 30.6 Å². The second kappa shape index (κ2) is 8.13. The molecule has 0 atom stereocenters. The van der Waals surface area contributed by atoms with E-state index in [1.54, 1.807) is 17.5 Å². The second-order valence-electron chi connectivity index (χ2n) is 7.79. The van der Waals surface area contributed by atoms with Gasteiger partial charge in [-0.2, -0.15) is 4.31 Å². The monoisotopic (exact) mass is 458 g/mol. The minimum absolute atomic E-state index is 0.0748. The Hall–Kier alpha value is -2.63. The van der Waals surface area contributed by atoms with Crippen molar-refractivity contribution >= 4 is 33.0 Å². The van der Waals surface area contributed by atoms with Crippen LogP contribution in [0.25, 0.3) is 11.4 Å². The molecule has 2 fully saturated rings. The summed E-state index contributed by atoms with van der Waals surface area (Å²) in [5.41, 5.74) is 1.35. The van der Waals surface area contributed by atoms with E-state index in [0.717, 1.165) is 49.0 Å². The van der Waals surface area contributed by atoms with E-state index in [4.69, 9.17) is 0 Å². The maximum atomic E-state index is 13.1. The standard InChI is InChI=1S/C20H22N6O3S2/c27-20(18-17(9-12-30-18)31(28,29)25-10-2-1-3-11-25)21-15-6-4-5-14(13-15)19-22-23-24-26(19)16-7-8-16/h4-6,9,12-13,16H,1-3,7-8,10-11H2,(H,21,27). The van der Waals surface area contributed by atoms with Crippen molar-refractivity contribution in [2.75, 3.05) is 18.4 Å². The van der Waals surface area contributed by atoms with Gasteiger partial charge in [0.15, 0.2) is 5.82 Å². The Morgan fingerprint density at radius 1 is 1.13 bits per heavy atom. The molecule has 1 aliphatic carbocycles. The van der Waals surface area contributed by atoms with E-state index >= 15 is 0 Å². The second-order valence-corrected chi connectivity index (χ2v) is 10.6. The molecular formula is C20H22N6O3S2. The lowest BCUT2D eigenvalue weighted by molar-refractivity contribution is 0.102. The first kappa shape index (κ1) is 20.3. The zero-order valence-electron chi connectivity index (χ0n) is 16.8. The van der Waals surface area contributed by atoms with Crippen LogP contribution >= 0.6 is 11.3 Å². The predicted octanol–water partition coefficient (Wildman–Crippen LogP) is 3.16. The third-order valence-corrected chi connectivity index (χ3v) is 8.52. The highest BCUT2D eigenvalue weighted by molar-refractivity contribution is 7.89. The lowest BCUT2D eigenvalue weighted by Gasteiger charge is -2.25. The van der Waals surface area contributed by atoms with E-state index in [2.05, 4.69) is 20.8 Å². The van der Waals surface area contributed by atoms with Crippen molar-refractivity contribution in [3.05, 3.63) is 40.6 Å². The van der Waals surface area contributed by atoms with E-state index in [1.165, 1.54) is 10.4 Å². The maximum absolute atomic E-state index is 13.1. The predicted molar refractivity (Wildman–Crippen MR) is 116 cm³/mol. The summed E-state index contributed by atoms with van der Waals surface area (Å²) in [5.74, 6) is 0.215. The fraction of sp³-hybridized carbons (Fsp3) is 0.400. The van der Waals surface area contributed by atoms with Gasteiger partial charge in [0.05, 0.1) is 6.04 Å². The zero-order valence-corrected chi connectivity index (χ0v) is 18.4. The molecule has 0 radical (unpaired) electrons. The normalized spacial score (nSPS) is 17.5. The first-order valence-electron chi connectivity index (χ1n) is 10.3. The Kier molecular flexibility index (Phi) is 5.32. The number of carbonyl (C=O) groups is 1. The number of nitrogens with one attached hydrogen (secondary N) is 1. The number of tetrazole rings is 1. The van der Waals surface area contributed by atoms with Gasteiger partial charge in [-0.3, -0.25) is 4.79 Å². The SMILES string of the molecule is O=C(Nc1cccc(-c2nnnn2C2CC2)c1)c1sccc1S(=O)(=O)N1CCCCC1. The van der Waals surface area contributed by atoms with Crippen LogP contribution in [0.3, 0.4) is 0 Å². The van der Waals surface area contributed by atoms with Gasteiger partial charge in [-0.25, -0.2) is 13.1 Å². The Bertz CT molecular complexity index is 1210. The highest BCUT2D eigenvalue weighted by Gasteiger charge is 2.31. The van der Waals surface area contributed by atoms with Crippen molar-refractivity contribution in [1.29, 1.82) is 0 Å². The molecule has 1 saturated heterocycles. The number of aromatic nitrogens is 4. The van der Waals surface area contributed by atoms with E-state index in [-0.39, 0.29) is 9.77 Å². The number of anilines is 1. The molecule has 9 nitrogen and oxygen atoms in total. The summed E-state index contributed by atoms with van der Waals surface area (Å²) in [6.45, 7) is 0.994. The van der Waals surface area contributed by atoms with Gasteiger partial charge in [-0.15, -0.1) is 16.4 Å². The van der Waals surface area contributed by atoms with Crippen molar-refractivity contribution in [2.24, 2.45) is 0 Å². The smallest absolute Gasteiger partial charge is 0.267 e. The van der Waals surface area contributed by atoms with Crippen LogP contribution in [0.1, 0.15) is 47.8 Å². The minimum Gasteiger partial charge on any atom is -0.321 e. The Labute approximate surface area is 184 Å². The molecule has 3 heterocycles. The molecule has 1 aromatic carbocycles. The lowest BCUT2D eigenvalue weighted by atomic mass is 10.2. The summed E-state index contributed by atoms with van der Waals surface area (Å²) in [5, 5.41) is 16.5. The number of hydrogen-bond acceptors (Lipinski definition) is 7. The summed E-state index contributed by atoms with van der Waals surface area (Å²) in [6.07, 6.45) is 4.83. The van der Waals surface area contributed by atoms with Gasteiger partial charge in [0.25, 0.3) is 5.91 Å². The fourth-order valence-electron chi connectivity index (χ4n) is 3.78. The molecule has 1 N–H and O–H groups in total. The molecule has 2 aromatic heterocycles. The molecule has 1 saturated carbocycles. The zero-order chi connectivity index (χ0) is 21.4. The fourth-order valence-corrected chi connectivity index (χ4v) is 6.60. The largest absolute Gasteiger partial charge is 0.321 e. The summed E-state index contributed by atoms with van der Waals surface area (Å²) in [7, 11) is -3.69. The molecule has 1 amide bonds. The highest BCUT2D eigenvalue weighted by Crippen LogP contribution is 2.37. The van der Waals surface area contributed by atoms with Gasteiger partial charge in [0.2, 0.25) is 10.0 Å². The first-order chi connectivity index (χ1) is 15.0. The lowest BCUT2D eigenvalue weighted by Crippen LogP contribution is -2.36. The van der Waals surface area contributed by atoms with Crippen LogP contribution in [-0.2, 0) is 10.0 Å². The van der Waals surface area contributed by atoms with Crippen LogP contribution < -0.4 is 5.32 Å². The number of benzene rings is 1. The van der Waals surface area contributed by atoms with E-state index in [9.17, 15) is 13.2 Å². The molecule has 0 spiro atoms. The number of thiophene rings is 1. The molecule has 0 bridgehead atoms. The molecule has 31 heavy (non-hydrogen) atoms. The number of hydrogen-bond donors (Lipinski definition) is 1. The van der Waals surface area contributed by atoms with Gasteiger partial charge < -0.3 is 5.32 Å². The Morgan fingerprint density at radius 3 is 2.71 bits per heavy atom. The average molecular weight is 459 g/mol. The number of amides is 1. The van der Waals surface area contributed by atoms with E-state index < -0.39 is 15.9 Å². The van der Waals surface area contributed by atoms with Crippen molar-refractivity contribution in [1.82, 2.24) is 24.5 Å². The summed E-state index contributed by atoms with van der Waals surface area (Å²) < 4.78 is 29.4.